The largest absolute Gasteiger partial charge is 0.497 e. The first-order valence-corrected chi connectivity index (χ1v) is 9.24. The molecule has 4 amide bonds. The summed E-state index contributed by atoms with van der Waals surface area (Å²) >= 11 is 0. The van der Waals surface area contributed by atoms with Crippen LogP contribution in [0.4, 0.5) is 10.5 Å². The van der Waals surface area contributed by atoms with Crippen LogP contribution in [0.3, 0.4) is 0 Å². The number of nitrogens with one attached hydrogen (secondary N) is 2. The van der Waals surface area contributed by atoms with Crippen molar-refractivity contribution in [1.29, 1.82) is 0 Å². The van der Waals surface area contributed by atoms with Crippen molar-refractivity contribution in [3.05, 3.63) is 18.2 Å². The molecule has 2 fully saturated rings. The predicted octanol–water partition coefficient (Wildman–Crippen LogP) is 0.731. The SMILES string of the molecule is COc1cc(OC)cc(N2CCN(C(=O)CCC3(C)NC(=O)NC3=O)CC2)c1. The van der Waals surface area contributed by atoms with E-state index in [1.165, 1.54) is 0 Å². The highest BCUT2D eigenvalue weighted by molar-refractivity contribution is 6.06. The van der Waals surface area contributed by atoms with E-state index in [2.05, 4.69) is 15.5 Å². The van der Waals surface area contributed by atoms with Crippen LogP contribution in [-0.2, 0) is 9.59 Å². The van der Waals surface area contributed by atoms with Crippen LogP contribution in [0.15, 0.2) is 18.2 Å². The van der Waals surface area contributed by atoms with Crippen molar-refractivity contribution in [3.63, 3.8) is 0 Å². The average molecular weight is 390 g/mol. The monoisotopic (exact) mass is 390 g/mol. The number of methoxy groups -OCH3 is 2. The zero-order valence-corrected chi connectivity index (χ0v) is 16.4. The number of ether oxygens (including phenoxy) is 2. The highest BCUT2D eigenvalue weighted by atomic mass is 16.5. The number of carbonyl (C=O) groups is 3. The summed E-state index contributed by atoms with van der Waals surface area (Å²) in [6, 6.07) is 5.20. The van der Waals surface area contributed by atoms with E-state index in [1.807, 2.05) is 18.2 Å². The maximum atomic E-state index is 12.6. The number of carbonyl (C=O) groups excluding carboxylic acids is 3. The van der Waals surface area contributed by atoms with Gasteiger partial charge in [0.2, 0.25) is 5.91 Å². The summed E-state index contributed by atoms with van der Waals surface area (Å²) in [4.78, 5) is 39.7. The Hall–Kier alpha value is -2.97. The summed E-state index contributed by atoms with van der Waals surface area (Å²) in [6.45, 7) is 4.20. The van der Waals surface area contributed by atoms with E-state index in [4.69, 9.17) is 9.47 Å². The zero-order chi connectivity index (χ0) is 20.3. The summed E-state index contributed by atoms with van der Waals surface area (Å²) in [5.74, 6) is 1.04. The molecule has 152 valence electrons. The van der Waals surface area contributed by atoms with Crippen LogP contribution in [0.1, 0.15) is 19.8 Å². The second-order valence-electron chi connectivity index (χ2n) is 7.18. The van der Waals surface area contributed by atoms with Gasteiger partial charge in [0.15, 0.2) is 0 Å². The topological polar surface area (TPSA) is 100 Å². The number of hydrogen-bond acceptors (Lipinski definition) is 6. The Labute approximate surface area is 163 Å². The number of nitrogens with zero attached hydrogens (tertiary/aromatic N) is 2. The van der Waals surface area contributed by atoms with E-state index in [0.29, 0.717) is 26.2 Å². The zero-order valence-electron chi connectivity index (χ0n) is 16.4. The maximum absolute atomic E-state index is 12.6. The van der Waals surface area contributed by atoms with Gasteiger partial charge in [-0.2, -0.15) is 0 Å². The molecule has 0 bridgehead atoms. The number of hydrogen-bond donors (Lipinski definition) is 2. The molecule has 2 N–H and O–H groups in total. The summed E-state index contributed by atoms with van der Waals surface area (Å²) in [5, 5.41) is 4.80. The predicted molar refractivity (Wildman–Crippen MR) is 103 cm³/mol. The van der Waals surface area contributed by atoms with Crippen molar-refractivity contribution in [2.24, 2.45) is 0 Å². The van der Waals surface area contributed by atoms with Crippen molar-refractivity contribution in [2.75, 3.05) is 45.3 Å². The number of rotatable bonds is 6. The Kier molecular flexibility index (Phi) is 5.62. The Morgan fingerprint density at radius 1 is 1.07 bits per heavy atom. The van der Waals surface area contributed by atoms with E-state index in [1.54, 1.807) is 26.0 Å². The van der Waals surface area contributed by atoms with Gasteiger partial charge in [0.05, 0.1) is 14.2 Å². The van der Waals surface area contributed by atoms with Crippen LogP contribution < -0.4 is 25.0 Å². The van der Waals surface area contributed by atoms with Crippen LogP contribution in [0.5, 0.6) is 11.5 Å². The Bertz CT molecular complexity index is 753. The fraction of sp³-hybridized carbons (Fsp3) is 0.526. The van der Waals surface area contributed by atoms with Crippen molar-refractivity contribution >= 4 is 23.5 Å². The number of anilines is 1. The average Bonchev–Trinajstić information content (AvgIpc) is 2.97. The number of imide groups is 1. The number of urea groups is 1. The summed E-state index contributed by atoms with van der Waals surface area (Å²) in [6.07, 6.45) is 0.480. The quantitative estimate of drug-likeness (QED) is 0.695. The lowest BCUT2D eigenvalue weighted by molar-refractivity contribution is -0.132. The van der Waals surface area contributed by atoms with Gasteiger partial charge in [-0.05, 0) is 13.3 Å². The molecule has 1 aromatic carbocycles. The van der Waals surface area contributed by atoms with Crippen molar-refractivity contribution < 1.29 is 23.9 Å². The van der Waals surface area contributed by atoms with Gasteiger partial charge in [-0.3, -0.25) is 14.9 Å². The number of amides is 4. The maximum Gasteiger partial charge on any atom is 0.322 e. The molecule has 2 aliphatic heterocycles. The lowest BCUT2D eigenvalue weighted by Gasteiger charge is -2.36. The molecule has 1 aromatic rings. The minimum absolute atomic E-state index is 0.0157. The highest BCUT2D eigenvalue weighted by Gasteiger charge is 2.42. The lowest BCUT2D eigenvalue weighted by Crippen LogP contribution is -2.50. The van der Waals surface area contributed by atoms with E-state index in [-0.39, 0.29) is 24.7 Å². The van der Waals surface area contributed by atoms with Crippen LogP contribution >= 0.6 is 0 Å². The Balaban J connectivity index is 1.54. The van der Waals surface area contributed by atoms with Crippen LogP contribution in [0.25, 0.3) is 0 Å². The van der Waals surface area contributed by atoms with Gasteiger partial charge >= 0.3 is 6.03 Å². The standard InChI is InChI=1S/C19H26N4O5/c1-19(17(25)20-18(26)21-19)5-4-16(24)23-8-6-22(7-9-23)13-10-14(27-2)12-15(11-13)28-3/h10-12H,4-9H2,1-3H3,(H2,20,21,25,26). The molecule has 0 aliphatic carbocycles. The molecule has 3 rings (SSSR count). The molecule has 9 nitrogen and oxygen atoms in total. The minimum atomic E-state index is -1.02. The van der Waals surface area contributed by atoms with Crippen molar-refractivity contribution in [1.82, 2.24) is 15.5 Å². The van der Waals surface area contributed by atoms with Crippen LogP contribution in [-0.4, -0.2) is 68.7 Å². The van der Waals surface area contributed by atoms with Crippen molar-refractivity contribution in [2.45, 2.75) is 25.3 Å². The summed E-state index contributed by atoms with van der Waals surface area (Å²) in [7, 11) is 3.23. The molecule has 2 aliphatic rings. The Morgan fingerprint density at radius 3 is 2.18 bits per heavy atom. The van der Waals surface area contributed by atoms with Gasteiger partial charge < -0.3 is 24.6 Å². The van der Waals surface area contributed by atoms with Gasteiger partial charge in [0.1, 0.15) is 17.0 Å². The van der Waals surface area contributed by atoms with Gasteiger partial charge in [0, 0.05) is 56.5 Å². The molecule has 1 atom stereocenters. The van der Waals surface area contributed by atoms with Gasteiger partial charge in [-0.25, -0.2) is 4.79 Å². The molecule has 0 saturated carbocycles. The fourth-order valence-electron chi connectivity index (χ4n) is 3.46. The first kappa shape index (κ1) is 19.8. The van der Waals surface area contributed by atoms with E-state index >= 15 is 0 Å². The van der Waals surface area contributed by atoms with Gasteiger partial charge in [-0.1, -0.05) is 0 Å². The minimum Gasteiger partial charge on any atom is -0.497 e. The molecule has 2 heterocycles. The van der Waals surface area contributed by atoms with Gasteiger partial charge in [0.25, 0.3) is 5.91 Å². The first-order valence-electron chi connectivity index (χ1n) is 9.24. The lowest BCUT2D eigenvalue weighted by atomic mass is 9.96. The van der Waals surface area contributed by atoms with Crippen LogP contribution in [0.2, 0.25) is 0 Å². The second-order valence-corrected chi connectivity index (χ2v) is 7.18. The fourth-order valence-corrected chi connectivity index (χ4v) is 3.46. The third-order valence-corrected chi connectivity index (χ3v) is 5.29. The van der Waals surface area contributed by atoms with Crippen molar-refractivity contribution in [3.8, 4) is 11.5 Å². The molecular weight excluding hydrogens is 364 g/mol. The molecule has 1 unspecified atom stereocenters. The molecule has 2 saturated heterocycles. The third kappa shape index (κ3) is 4.13. The van der Waals surface area contributed by atoms with Crippen LogP contribution in [0, 0.1) is 0 Å². The second kappa shape index (κ2) is 7.95. The Morgan fingerprint density at radius 2 is 1.68 bits per heavy atom. The molecule has 0 radical (unpaired) electrons. The van der Waals surface area contributed by atoms with E-state index in [0.717, 1.165) is 17.2 Å². The van der Waals surface area contributed by atoms with E-state index in [9.17, 15) is 14.4 Å². The normalized spacial score (nSPS) is 22.0. The van der Waals surface area contributed by atoms with Gasteiger partial charge in [-0.15, -0.1) is 0 Å². The number of piperazine rings is 1. The summed E-state index contributed by atoms with van der Waals surface area (Å²) < 4.78 is 10.6. The molecule has 0 aromatic heterocycles. The smallest absolute Gasteiger partial charge is 0.322 e. The third-order valence-electron chi connectivity index (χ3n) is 5.29. The first-order chi connectivity index (χ1) is 13.3. The molecular formula is C19H26N4O5. The molecule has 28 heavy (non-hydrogen) atoms. The molecule has 0 spiro atoms. The number of benzene rings is 1. The highest BCUT2D eigenvalue weighted by Crippen LogP contribution is 2.29. The molecule has 9 heteroatoms. The summed E-state index contributed by atoms with van der Waals surface area (Å²) in [5.41, 5.74) is -0.0349. The van der Waals surface area contributed by atoms with E-state index < -0.39 is 11.6 Å².